The number of anilines is 1. The van der Waals surface area contributed by atoms with Crippen LogP contribution in [0, 0.1) is 13.8 Å². The smallest absolute Gasteiger partial charge is 0.0376 e. The van der Waals surface area contributed by atoms with Gasteiger partial charge in [0.25, 0.3) is 0 Å². The zero-order valence-electron chi connectivity index (χ0n) is 15.6. The molecule has 0 fully saturated rings. The van der Waals surface area contributed by atoms with Gasteiger partial charge in [0.2, 0.25) is 0 Å². The van der Waals surface area contributed by atoms with Crippen molar-refractivity contribution in [1.29, 1.82) is 0 Å². The van der Waals surface area contributed by atoms with Gasteiger partial charge < -0.3 is 5.32 Å². The summed E-state index contributed by atoms with van der Waals surface area (Å²) in [6.07, 6.45) is 5.54. The van der Waals surface area contributed by atoms with E-state index in [9.17, 15) is 0 Å². The lowest BCUT2D eigenvalue weighted by Crippen LogP contribution is -2.00. The van der Waals surface area contributed by atoms with E-state index in [-0.39, 0.29) is 0 Å². The van der Waals surface area contributed by atoms with E-state index in [1.54, 1.807) is 0 Å². The SMILES string of the molecule is CC/C=C\C(=C(/C)c1cccc(C)c1)c1ccc(C)c(NCC)c1. The zero-order valence-corrected chi connectivity index (χ0v) is 15.6. The summed E-state index contributed by atoms with van der Waals surface area (Å²) >= 11 is 0. The van der Waals surface area contributed by atoms with E-state index in [4.69, 9.17) is 0 Å². The molecule has 0 saturated heterocycles. The summed E-state index contributed by atoms with van der Waals surface area (Å²) in [6.45, 7) is 11.8. The van der Waals surface area contributed by atoms with Crippen LogP contribution in [-0.4, -0.2) is 6.54 Å². The van der Waals surface area contributed by atoms with Crippen LogP contribution in [0.5, 0.6) is 0 Å². The first-order chi connectivity index (χ1) is 11.6. The van der Waals surface area contributed by atoms with E-state index in [1.165, 1.54) is 39.1 Å². The molecule has 2 aromatic rings. The lowest BCUT2D eigenvalue weighted by molar-refractivity contribution is 1.20. The Hall–Kier alpha value is -2.28. The van der Waals surface area contributed by atoms with Gasteiger partial charge >= 0.3 is 0 Å². The Morgan fingerprint density at radius 3 is 2.46 bits per heavy atom. The maximum Gasteiger partial charge on any atom is 0.0376 e. The van der Waals surface area contributed by atoms with Crippen LogP contribution in [0.1, 0.15) is 49.4 Å². The minimum absolute atomic E-state index is 0.936. The molecule has 24 heavy (non-hydrogen) atoms. The number of aryl methyl sites for hydroxylation is 2. The fourth-order valence-corrected chi connectivity index (χ4v) is 2.88. The Kier molecular flexibility index (Phi) is 6.43. The molecule has 0 saturated carbocycles. The number of benzene rings is 2. The standard InChI is InChI=1S/C23H29N/c1-6-8-12-22(19(5)20-11-9-10-17(3)15-20)21-14-13-18(4)23(16-21)24-7-2/h8-16,24H,6-7H2,1-5H3/b12-8-,22-19-. The summed E-state index contributed by atoms with van der Waals surface area (Å²) in [5, 5.41) is 3.47. The molecule has 1 N–H and O–H groups in total. The molecule has 126 valence electrons. The Labute approximate surface area is 147 Å². The highest BCUT2D eigenvalue weighted by molar-refractivity contribution is 5.95. The summed E-state index contributed by atoms with van der Waals surface area (Å²) in [5.74, 6) is 0. The van der Waals surface area contributed by atoms with Crippen LogP contribution in [0.15, 0.2) is 54.6 Å². The predicted molar refractivity (Wildman–Crippen MR) is 108 cm³/mol. The highest BCUT2D eigenvalue weighted by Crippen LogP contribution is 2.30. The van der Waals surface area contributed by atoms with Gasteiger partial charge in [-0.15, -0.1) is 0 Å². The Bertz CT molecular complexity index is 750. The first-order valence-corrected chi connectivity index (χ1v) is 8.86. The van der Waals surface area contributed by atoms with Crippen molar-refractivity contribution in [2.24, 2.45) is 0 Å². The molecule has 0 bridgehead atoms. The Morgan fingerprint density at radius 1 is 1.00 bits per heavy atom. The summed E-state index contributed by atoms with van der Waals surface area (Å²) in [6, 6.07) is 15.4. The van der Waals surface area contributed by atoms with Crippen molar-refractivity contribution < 1.29 is 0 Å². The maximum absolute atomic E-state index is 3.47. The molecule has 0 aliphatic heterocycles. The fraction of sp³-hybridized carbons (Fsp3) is 0.304. The van der Waals surface area contributed by atoms with E-state index in [1.807, 2.05) is 0 Å². The average molecular weight is 319 g/mol. The van der Waals surface area contributed by atoms with Crippen molar-refractivity contribution in [3.8, 4) is 0 Å². The van der Waals surface area contributed by atoms with Gasteiger partial charge in [0, 0.05) is 12.2 Å². The van der Waals surface area contributed by atoms with Crippen LogP contribution in [0.3, 0.4) is 0 Å². The monoisotopic (exact) mass is 319 g/mol. The van der Waals surface area contributed by atoms with Crippen LogP contribution in [0.25, 0.3) is 11.1 Å². The van der Waals surface area contributed by atoms with Crippen LogP contribution in [0.4, 0.5) is 5.69 Å². The molecule has 0 aliphatic rings. The van der Waals surface area contributed by atoms with E-state index < -0.39 is 0 Å². The Morgan fingerprint density at radius 2 is 1.79 bits per heavy atom. The topological polar surface area (TPSA) is 12.0 Å². The molecule has 0 atom stereocenters. The van der Waals surface area contributed by atoms with Crippen molar-refractivity contribution in [1.82, 2.24) is 0 Å². The lowest BCUT2D eigenvalue weighted by atomic mass is 9.93. The number of rotatable bonds is 6. The van der Waals surface area contributed by atoms with Crippen molar-refractivity contribution in [2.45, 2.75) is 41.0 Å². The Balaban J connectivity index is 2.58. The highest BCUT2D eigenvalue weighted by Gasteiger charge is 2.08. The van der Waals surface area contributed by atoms with Crippen molar-refractivity contribution in [3.63, 3.8) is 0 Å². The first kappa shape index (κ1) is 18.1. The maximum atomic E-state index is 3.47. The van der Waals surface area contributed by atoms with E-state index >= 15 is 0 Å². The van der Waals surface area contributed by atoms with E-state index in [0.717, 1.165) is 13.0 Å². The summed E-state index contributed by atoms with van der Waals surface area (Å²) in [4.78, 5) is 0. The molecule has 0 unspecified atom stereocenters. The average Bonchev–Trinajstić information content (AvgIpc) is 2.58. The minimum atomic E-state index is 0.936. The fourth-order valence-electron chi connectivity index (χ4n) is 2.88. The summed E-state index contributed by atoms with van der Waals surface area (Å²) in [7, 11) is 0. The molecule has 1 heteroatoms. The molecule has 0 aromatic heterocycles. The van der Waals surface area contributed by atoms with Crippen molar-refractivity contribution in [2.75, 3.05) is 11.9 Å². The van der Waals surface area contributed by atoms with Crippen molar-refractivity contribution in [3.05, 3.63) is 76.9 Å². The van der Waals surface area contributed by atoms with Crippen LogP contribution in [0.2, 0.25) is 0 Å². The van der Waals surface area contributed by atoms with Gasteiger partial charge in [0.15, 0.2) is 0 Å². The molecule has 0 aliphatic carbocycles. The highest BCUT2D eigenvalue weighted by atomic mass is 14.9. The molecule has 0 spiro atoms. The predicted octanol–water partition coefficient (Wildman–Crippen LogP) is 6.63. The molecular weight excluding hydrogens is 290 g/mol. The van der Waals surface area contributed by atoms with Gasteiger partial charge in [0.1, 0.15) is 0 Å². The normalized spacial score (nSPS) is 12.4. The van der Waals surface area contributed by atoms with Gasteiger partial charge in [-0.1, -0.05) is 61.0 Å². The zero-order chi connectivity index (χ0) is 17.5. The second-order valence-corrected chi connectivity index (χ2v) is 6.28. The summed E-state index contributed by atoms with van der Waals surface area (Å²) in [5.41, 5.74) is 8.96. The number of nitrogens with one attached hydrogen (secondary N) is 1. The molecule has 2 aromatic carbocycles. The largest absolute Gasteiger partial charge is 0.385 e. The number of allylic oxidation sites excluding steroid dienone is 4. The molecule has 0 radical (unpaired) electrons. The lowest BCUT2D eigenvalue weighted by Gasteiger charge is -2.14. The van der Waals surface area contributed by atoms with E-state index in [2.05, 4.69) is 94.6 Å². The van der Waals surface area contributed by atoms with Crippen LogP contribution >= 0.6 is 0 Å². The van der Waals surface area contributed by atoms with Gasteiger partial charge in [-0.25, -0.2) is 0 Å². The van der Waals surface area contributed by atoms with Crippen LogP contribution < -0.4 is 5.32 Å². The third-order valence-corrected chi connectivity index (χ3v) is 4.29. The minimum Gasteiger partial charge on any atom is -0.385 e. The molecule has 0 amide bonds. The van der Waals surface area contributed by atoms with Gasteiger partial charge in [-0.05, 0) is 68.0 Å². The summed E-state index contributed by atoms with van der Waals surface area (Å²) < 4.78 is 0. The second-order valence-electron chi connectivity index (χ2n) is 6.28. The quantitative estimate of drug-likeness (QED) is 0.465. The molecule has 0 heterocycles. The van der Waals surface area contributed by atoms with E-state index in [0.29, 0.717) is 0 Å². The van der Waals surface area contributed by atoms with Gasteiger partial charge in [0.05, 0.1) is 0 Å². The molecular formula is C23H29N. The molecule has 1 nitrogen and oxygen atoms in total. The van der Waals surface area contributed by atoms with Crippen LogP contribution in [-0.2, 0) is 0 Å². The number of hydrogen-bond donors (Lipinski definition) is 1. The molecule has 2 rings (SSSR count). The third-order valence-electron chi connectivity index (χ3n) is 4.29. The van der Waals surface area contributed by atoms with Gasteiger partial charge in [-0.2, -0.15) is 0 Å². The number of hydrogen-bond acceptors (Lipinski definition) is 1. The third kappa shape index (κ3) is 4.38. The van der Waals surface area contributed by atoms with Crippen molar-refractivity contribution >= 4 is 16.8 Å². The van der Waals surface area contributed by atoms with Gasteiger partial charge in [-0.3, -0.25) is 0 Å². The second kappa shape index (κ2) is 8.54. The first-order valence-electron chi connectivity index (χ1n) is 8.86.